The number of phenolic OH excluding ortho intramolecular Hbond substituents is 1. The number of urea groups is 1. The smallest absolute Gasteiger partial charge is 0.327 e. The molecule has 1 aromatic heterocycles. The number of H-pyrrole nitrogens is 1. The van der Waals surface area contributed by atoms with Crippen molar-refractivity contribution >= 4 is 85.8 Å². The number of fused-ring (bicyclic) bond motifs is 1. The maximum Gasteiger partial charge on any atom is 0.327 e. The highest BCUT2D eigenvalue weighted by molar-refractivity contribution is 8.76. The van der Waals surface area contributed by atoms with Crippen molar-refractivity contribution in [1.29, 1.82) is 0 Å². The number of nitrogens with one attached hydrogen (secondary N) is 9. The molecule has 0 unspecified atom stereocenters. The Bertz CT molecular complexity index is 3050. The van der Waals surface area contributed by atoms with E-state index in [2.05, 4.69) is 47.5 Å². The molecule has 450 valence electrons. The molecule has 27 heteroatoms. The van der Waals surface area contributed by atoms with E-state index in [1.807, 2.05) is 0 Å². The number of unbranched alkanes of at least 4 members (excludes halogenated alkanes) is 1. The maximum atomic E-state index is 14.6. The highest BCUT2D eigenvalue weighted by Gasteiger charge is 2.36. The summed E-state index contributed by atoms with van der Waals surface area (Å²) >= 11 is 0. The molecule has 2 heterocycles. The van der Waals surface area contributed by atoms with Crippen LogP contribution in [0.4, 0.5) is 4.79 Å². The highest BCUT2D eigenvalue weighted by atomic mass is 33.1. The summed E-state index contributed by atoms with van der Waals surface area (Å²) in [6, 6.07) is 16.5. The van der Waals surface area contributed by atoms with Gasteiger partial charge in [-0.05, 0) is 79.6 Å². The van der Waals surface area contributed by atoms with Crippen LogP contribution in [0.1, 0.15) is 48.4 Å². The van der Waals surface area contributed by atoms with Crippen molar-refractivity contribution in [2.45, 2.75) is 113 Å². The van der Waals surface area contributed by atoms with E-state index in [-0.39, 0.29) is 62.3 Å². The normalized spacial score (nSPS) is 23.0. The number of nitrogens with zero attached hydrogens (tertiary/aromatic N) is 1. The number of aliphatic hydroxyl groups excluding tert-OH is 1. The van der Waals surface area contributed by atoms with Gasteiger partial charge in [0.2, 0.25) is 41.4 Å². The molecule has 16 N–H and O–H groups in total. The number of aliphatic carboxylic acids is 1. The van der Waals surface area contributed by atoms with Crippen molar-refractivity contribution in [3.8, 4) is 5.75 Å². The minimum atomic E-state index is -2.36. The first-order valence-electron chi connectivity index (χ1n) is 27.0. The number of carboxylic acids is 1. The molecule has 4 aromatic carbocycles. The number of hydrogen-bond acceptors (Lipinski definition) is 16. The van der Waals surface area contributed by atoms with Crippen molar-refractivity contribution in [2.24, 2.45) is 11.5 Å². The molecule has 1 saturated heterocycles. The maximum absolute atomic E-state index is 14.6. The summed E-state index contributed by atoms with van der Waals surface area (Å²) in [6.07, 6.45) is -2.38. The van der Waals surface area contributed by atoms with E-state index in [1.54, 1.807) is 103 Å². The zero-order chi connectivity index (χ0) is 60.9. The number of carbonyl (C=O) groups excluding carboxylic acids is 8. The molecule has 84 heavy (non-hydrogen) atoms. The number of aromatic nitrogens is 1. The molecule has 6 rings (SSSR count). The Morgan fingerprint density at radius 2 is 1.21 bits per heavy atom. The van der Waals surface area contributed by atoms with Gasteiger partial charge in [-0.1, -0.05) is 113 Å². The number of para-hydroxylation sites is 1. The Labute approximate surface area is 492 Å². The van der Waals surface area contributed by atoms with Gasteiger partial charge in [-0.25, -0.2) is 9.59 Å². The Hall–Kier alpha value is -8.21. The minimum absolute atomic E-state index is 0.0229. The van der Waals surface area contributed by atoms with Crippen molar-refractivity contribution in [2.75, 3.05) is 25.1 Å². The Morgan fingerprint density at radius 3 is 1.83 bits per heavy atom. The summed E-state index contributed by atoms with van der Waals surface area (Å²) < 4.78 is 0. The van der Waals surface area contributed by atoms with E-state index >= 15 is 0 Å². The molecule has 1 aliphatic rings. The van der Waals surface area contributed by atoms with Crippen LogP contribution in [0.25, 0.3) is 10.9 Å². The molecular weight excluding hydrogens is 1120 g/mol. The zero-order valence-corrected chi connectivity index (χ0v) is 47.8. The van der Waals surface area contributed by atoms with Gasteiger partial charge < -0.3 is 84.3 Å². The fourth-order valence-corrected chi connectivity index (χ4v) is 11.2. The van der Waals surface area contributed by atoms with Crippen LogP contribution in [0.2, 0.25) is 0 Å². The molecule has 1 aliphatic heterocycles. The number of carboxylic acid groups (broad SMARTS) is 1. The van der Waals surface area contributed by atoms with Gasteiger partial charge >= 0.3 is 12.0 Å². The summed E-state index contributed by atoms with van der Waals surface area (Å²) in [6.45, 7) is 1.42. The molecule has 5 aromatic rings. The number of nitrogens with two attached hydrogens (primary N) is 2. The van der Waals surface area contributed by atoms with Crippen LogP contribution < -0.4 is 59.1 Å². The number of aliphatic hydroxyl groups is 1. The van der Waals surface area contributed by atoms with Crippen molar-refractivity contribution in [3.63, 3.8) is 0 Å². The fourth-order valence-electron chi connectivity index (χ4n) is 8.87. The average molecular weight is 1200 g/mol. The standard InChI is InChI=1S/C57H71N12O13S2/c1-32(70)47-54(78)63-42(26-33-13-5-3-6-14-33)50(74)65-46(55(79)80)31-84-83-30-45(64-48(72)39(59)25-35-20-22-37(71)23-21-35)53(77)62-43(27-34-15-7-4-8-16-34)52(76)68-57(82)69(2)56(81)66-44(28-36-29-60-40-18-10-9-17-38(36)40)51(75)61-41(49(73)67-47)19-11-12-24-58/h3-10,13-18,20-23,29,32,39,41-47,57,60,70-71H,11-12,19,24-28,30-31,58-59H2,1-2H3,(H,61,75)(H,62,77)(H,63,78)(H,64,72)(H,65,74)(H,66,81)(H,67,73)(H,68,76)(H,79,80)/q-1/t32-,39+,41-,42-,43-,44+,45-,46-,47+,57-/m1/s1. The second kappa shape index (κ2) is 32.0. The summed E-state index contributed by atoms with van der Waals surface area (Å²) in [5, 5.41) is 66.1. The number of phenols is 1. The molecule has 0 saturated carbocycles. The lowest BCUT2D eigenvalue weighted by atomic mass is 10.0. The van der Waals surface area contributed by atoms with Gasteiger partial charge in [0.1, 0.15) is 48.0 Å². The second-order valence-electron chi connectivity index (χ2n) is 20.1. The van der Waals surface area contributed by atoms with Crippen molar-refractivity contribution < 1.29 is 63.6 Å². The SMILES string of the molecule is C[C@@H](O)[C@@H]1NC(=O)[C@@H](CCCCN)NC(=O)[C@H](Cc2c[nH]c3ccccc23)NC(=O)N(C)[C@H]([O-])NC(=O)[C@@H](Cc2ccccc2)NC(=O)[C@H](NC(=O)[C@@H](N)Cc2ccc(O)cc2)CSSC[C@H](C(=O)O)NC(=O)[C@@H](Cc2ccccc2)NC1=O. The molecule has 0 aliphatic carbocycles. The number of carbonyl (C=O) groups is 9. The first kappa shape index (κ1) is 65.0. The highest BCUT2D eigenvalue weighted by Crippen LogP contribution is 2.24. The van der Waals surface area contributed by atoms with Crippen LogP contribution in [0.15, 0.2) is 115 Å². The van der Waals surface area contributed by atoms with Gasteiger partial charge in [-0.15, -0.1) is 0 Å². The van der Waals surface area contributed by atoms with Crippen LogP contribution in [0.3, 0.4) is 0 Å². The van der Waals surface area contributed by atoms with Gasteiger partial charge in [0.05, 0.1) is 12.1 Å². The third-order valence-electron chi connectivity index (χ3n) is 13.7. The van der Waals surface area contributed by atoms with E-state index in [0.717, 1.165) is 28.6 Å². The monoisotopic (exact) mass is 1200 g/mol. The number of benzene rings is 4. The summed E-state index contributed by atoms with van der Waals surface area (Å²) in [4.78, 5) is 131. The van der Waals surface area contributed by atoms with Crippen LogP contribution >= 0.6 is 21.6 Å². The van der Waals surface area contributed by atoms with Crippen molar-refractivity contribution in [1.82, 2.24) is 52.4 Å². The van der Waals surface area contributed by atoms with Gasteiger partial charge in [-0.2, -0.15) is 0 Å². The first-order chi connectivity index (χ1) is 40.2. The third-order valence-corrected chi connectivity index (χ3v) is 16.1. The predicted molar refractivity (Wildman–Crippen MR) is 313 cm³/mol. The zero-order valence-electron chi connectivity index (χ0n) is 46.2. The number of hydrogen-bond donors (Lipinski definition) is 14. The molecule has 0 bridgehead atoms. The molecule has 25 nitrogen and oxygen atoms in total. The fraction of sp³-hybridized carbons (Fsp3) is 0.386. The van der Waals surface area contributed by atoms with Gasteiger partial charge in [0.15, 0.2) is 0 Å². The largest absolute Gasteiger partial charge is 0.820 e. The van der Waals surface area contributed by atoms with Crippen LogP contribution in [0.5, 0.6) is 5.75 Å². The van der Waals surface area contributed by atoms with Crippen LogP contribution in [0, 0.1) is 0 Å². The summed E-state index contributed by atoms with van der Waals surface area (Å²) in [5.41, 5.74) is 15.0. The Kier molecular flexibility index (Phi) is 24.8. The van der Waals surface area contributed by atoms with E-state index in [4.69, 9.17) is 11.5 Å². The number of rotatable bonds is 16. The van der Waals surface area contributed by atoms with E-state index in [9.17, 15) is 63.6 Å². The van der Waals surface area contributed by atoms with Crippen LogP contribution in [-0.2, 0) is 64.0 Å². The van der Waals surface area contributed by atoms with Gasteiger partial charge in [0.25, 0.3) is 0 Å². The van der Waals surface area contributed by atoms with Gasteiger partial charge in [0, 0.05) is 61.3 Å². The number of aromatic amines is 1. The summed E-state index contributed by atoms with van der Waals surface area (Å²) in [7, 11) is 2.86. The number of amides is 9. The predicted octanol–water partition coefficient (Wildman–Crippen LogP) is -0.860. The van der Waals surface area contributed by atoms with Gasteiger partial charge in [-0.3, -0.25) is 33.6 Å². The van der Waals surface area contributed by atoms with E-state index in [1.165, 1.54) is 19.1 Å². The first-order valence-corrected chi connectivity index (χ1v) is 29.5. The minimum Gasteiger partial charge on any atom is -0.820 e. The summed E-state index contributed by atoms with van der Waals surface area (Å²) in [5.74, 6) is -8.84. The molecule has 9 amide bonds. The Balaban J connectivity index is 1.37. The third kappa shape index (κ3) is 19.4. The molecule has 10 atom stereocenters. The second-order valence-corrected chi connectivity index (χ2v) is 22.7. The van der Waals surface area contributed by atoms with E-state index in [0.29, 0.717) is 44.5 Å². The molecule has 0 radical (unpaired) electrons. The lowest BCUT2D eigenvalue weighted by Crippen LogP contribution is -2.64. The van der Waals surface area contributed by atoms with Crippen LogP contribution in [-0.4, -0.2) is 164 Å². The Morgan fingerprint density at radius 1 is 0.667 bits per heavy atom. The van der Waals surface area contributed by atoms with E-state index < -0.39 is 114 Å². The lowest BCUT2D eigenvalue weighted by molar-refractivity contribution is -0.455. The lowest BCUT2D eigenvalue weighted by Gasteiger charge is -2.36. The molecular formula is C57H71N12O13S2-. The molecule has 1 fully saturated rings. The number of aromatic hydroxyl groups is 1. The average Bonchev–Trinajstić information content (AvgIpc) is 4.09. The molecule has 0 spiro atoms. The topological polar surface area (TPSA) is 405 Å². The quantitative estimate of drug-likeness (QED) is 0.0422. The van der Waals surface area contributed by atoms with Crippen molar-refractivity contribution in [3.05, 3.63) is 138 Å².